The van der Waals surface area contributed by atoms with Crippen LogP contribution in [-0.4, -0.2) is 33.5 Å². The van der Waals surface area contributed by atoms with Crippen molar-refractivity contribution in [3.05, 3.63) is 34.6 Å². The molecule has 0 spiro atoms. The molecule has 0 saturated heterocycles. The van der Waals surface area contributed by atoms with E-state index >= 15 is 0 Å². The molecular formula is C17H21N3O2S. The number of aromatic amines is 1. The molecule has 0 amide bonds. The van der Waals surface area contributed by atoms with Crippen molar-refractivity contribution in [2.45, 2.75) is 37.2 Å². The Hall–Kier alpha value is -1.79. The van der Waals surface area contributed by atoms with E-state index < -0.39 is 0 Å². The van der Waals surface area contributed by atoms with Crippen molar-refractivity contribution >= 4 is 33.7 Å². The zero-order valence-corrected chi connectivity index (χ0v) is 14.4. The Balaban J connectivity index is 2.24. The van der Waals surface area contributed by atoms with Crippen LogP contribution in [-0.2, 0) is 11.3 Å². The van der Waals surface area contributed by atoms with E-state index in [1.165, 1.54) is 0 Å². The minimum absolute atomic E-state index is 0.0333. The monoisotopic (exact) mass is 331 g/mol. The molecule has 1 atom stereocenters. The second-order valence-corrected chi connectivity index (χ2v) is 6.98. The lowest BCUT2D eigenvalue weighted by atomic mass is 10.2. The van der Waals surface area contributed by atoms with Gasteiger partial charge >= 0.3 is 0 Å². The van der Waals surface area contributed by atoms with Crippen LogP contribution in [0, 0.1) is 0 Å². The Morgan fingerprint density at radius 1 is 1.39 bits per heavy atom. The summed E-state index contributed by atoms with van der Waals surface area (Å²) in [7, 11) is 1.64. The molecule has 3 rings (SSSR count). The summed E-state index contributed by atoms with van der Waals surface area (Å²) in [6.45, 7) is 5.28. The number of nitrogens with zero attached hydrogens (tertiary/aromatic N) is 2. The smallest absolute Gasteiger partial charge is 0.278 e. The Bertz CT molecular complexity index is 885. The van der Waals surface area contributed by atoms with E-state index in [0.717, 1.165) is 28.0 Å². The van der Waals surface area contributed by atoms with E-state index in [1.807, 2.05) is 24.3 Å². The molecule has 6 heteroatoms. The summed E-state index contributed by atoms with van der Waals surface area (Å²) in [4.78, 5) is 20.9. The van der Waals surface area contributed by atoms with Crippen LogP contribution in [0.1, 0.15) is 20.3 Å². The van der Waals surface area contributed by atoms with Gasteiger partial charge in [0.2, 0.25) is 0 Å². The van der Waals surface area contributed by atoms with Crippen LogP contribution in [0.4, 0.5) is 0 Å². The third-order valence-electron chi connectivity index (χ3n) is 3.98. The third kappa shape index (κ3) is 3.01. The molecule has 0 unspecified atom stereocenters. The minimum Gasteiger partial charge on any atom is -0.383 e. The molecule has 1 aromatic carbocycles. The van der Waals surface area contributed by atoms with Gasteiger partial charge in [-0.1, -0.05) is 43.8 Å². The van der Waals surface area contributed by atoms with Gasteiger partial charge in [0.05, 0.1) is 13.2 Å². The normalized spacial score (nSPS) is 13.0. The number of benzene rings is 1. The summed E-state index contributed by atoms with van der Waals surface area (Å²) >= 11 is 1.64. The quantitative estimate of drug-likeness (QED) is 0.555. The lowest BCUT2D eigenvalue weighted by Gasteiger charge is -2.14. The highest BCUT2D eigenvalue weighted by Crippen LogP contribution is 2.27. The van der Waals surface area contributed by atoms with Crippen LogP contribution in [0.3, 0.4) is 0 Å². The maximum Gasteiger partial charge on any atom is 0.278 e. The van der Waals surface area contributed by atoms with E-state index in [9.17, 15) is 4.79 Å². The van der Waals surface area contributed by atoms with E-state index in [1.54, 1.807) is 23.4 Å². The average molecular weight is 331 g/mol. The van der Waals surface area contributed by atoms with Gasteiger partial charge in [-0.3, -0.25) is 9.36 Å². The SMILES string of the molecule is CC[C@H](C)Sc1nc2c([nH]c3ccccc32)c(=O)n1CCOC. The molecule has 23 heavy (non-hydrogen) atoms. The van der Waals surface area contributed by atoms with Crippen molar-refractivity contribution in [2.75, 3.05) is 13.7 Å². The number of hydrogen-bond acceptors (Lipinski definition) is 4. The van der Waals surface area contributed by atoms with Crippen molar-refractivity contribution in [2.24, 2.45) is 0 Å². The number of nitrogens with one attached hydrogen (secondary N) is 1. The van der Waals surface area contributed by atoms with Gasteiger partial charge < -0.3 is 9.72 Å². The first kappa shape index (κ1) is 16.1. The summed E-state index contributed by atoms with van der Waals surface area (Å²) < 4.78 is 6.87. The largest absolute Gasteiger partial charge is 0.383 e. The highest BCUT2D eigenvalue weighted by molar-refractivity contribution is 7.99. The number of thioether (sulfide) groups is 1. The molecule has 5 nitrogen and oxygen atoms in total. The zero-order valence-electron chi connectivity index (χ0n) is 13.6. The lowest BCUT2D eigenvalue weighted by molar-refractivity contribution is 0.183. The fourth-order valence-electron chi connectivity index (χ4n) is 2.51. The van der Waals surface area contributed by atoms with E-state index in [2.05, 4.69) is 18.8 Å². The summed E-state index contributed by atoms with van der Waals surface area (Å²) in [5.74, 6) is 0. The number of hydrogen-bond donors (Lipinski definition) is 1. The standard InChI is InChI=1S/C17H21N3O2S/c1-4-11(2)23-17-19-14-12-7-5-6-8-13(12)18-15(14)16(21)20(17)9-10-22-3/h5-8,11,18H,4,9-10H2,1-3H3/t11-/m0/s1. The lowest BCUT2D eigenvalue weighted by Crippen LogP contribution is -2.25. The van der Waals surface area contributed by atoms with Crippen molar-refractivity contribution in [1.82, 2.24) is 14.5 Å². The molecule has 0 fully saturated rings. The van der Waals surface area contributed by atoms with Crippen molar-refractivity contribution in [3.8, 4) is 0 Å². The number of rotatable bonds is 6. The van der Waals surface area contributed by atoms with Crippen LogP contribution < -0.4 is 5.56 Å². The first-order valence-electron chi connectivity index (χ1n) is 7.82. The van der Waals surface area contributed by atoms with Crippen molar-refractivity contribution < 1.29 is 4.74 Å². The van der Waals surface area contributed by atoms with E-state index in [-0.39, 0.29) is 5.56 Å². The molecule has 3 aromatic rings. The van der Waals surface area contributed by atoms with Crippen LogP contribution in [0.25, 0.3) is 21.9 Å². The van der Waals surface area contributed by atoms with Gasteiger partial charge in [-0.25, -0.2) is 4.98 Å². The third-order valence-corrected chi connectivity index (χ3v) is 5.23. The zero-order chi connectivity index (χ0) is 16.4. The highest BCUT2D eigenvalue weighted by Gasteiger charge is 2.17. The van der Waals surface area contributed by atoms with Gasteiger partial charge in [-0.15, -0.1) is 0 Å². The molecule has 122 valence electrons. The minimum atomic E-state index is -0.0333. The van der Waals surface area contributed by atoms with Gasteiger partial charge in [-0.2, -0.15) is 0 Å². The molecule has 0 radical (unpaired) electrons. The van der Waals surface area contributed by atoms with Crippen LogP contribution in [0.15, 0.2) is 34.2 Å². The molecular weight excluding hydrogens is 310 g/mol. The first-order chi connectivity index (χ1) is 11.2. The van der Waals surface area contributed by atoms with E-state index in [4.69, 9.17) is 9.72 Å². The number of aromatic nitrogens is 3. The van der Waals surface area contributed by atoms with Crippen molar-refractivity contribution in [1.29, 1.82) is 0 Å². The fourth-order valence-corrected chi connectivity index (χ4v) is 3.48. The van der Waals surface area contributed by atoms with Gasteiger partial charge in [0.1, 0.15) is 11.0 Å². The predicted molar refractivity (Wildman–Crippen MR) is 95.3 cm³/mol. The van der Waals surface area contributed by atoms with Crippen LogP contribution in [0.2, 0.25) is 0 Å². The molecule has 2 heterocycles. The van der Waals surface area contributed by atoms with E-state index in [0.29, 0.717) is 23.9 Å². The Labute approximate surface area is 139 Å². The maximum atomic E-state index is 12.9. The van der Waals surface area contributed by atoms with Gasteiger partial charge in [0.25, 0.3) is 5.56 Å². The summed E-state index contributed by atoms with van der Waals surface area (Å²) in [5, 5.41) is 2.15. The summed E-state index contributed by atoms with van der Waals surface area (Å²) in [6.07, 6.45) is 1.02. The van der Waals surface area contributed by atoms with Gasteiger partial charge in [-0.05, 0) is 12.5 Å². The van der Waals surface area contributed by atoms with Gasteiger partial charge in [0, 0.05) is 23.3 Å². The highest BCUT2D eigenvalue weighted by atomic mass is 32.2. The van der Waals surface area contributed by atoms with Crippen molar-refractivity contribution in [3.63, 3.8) is 0 Å². The topological polar surface area (TPSA) is 59.9 Å². The molecule has 2 aromatic heterocycles. The van der Waals surface area contributed by atoms with Crippen LogP contribution in [0.5, 0.6) is 0 Å². The molecule has 0 saturated carbocycles. The molecule has 1 N–H and O–H groups in total. The first-order valence-corrected chi connectivity index (χ1v) is 8.70. The Morgan fingerprint density at radius 2 is 2.17 bits per heavy atom. The summed E-state index contributed by atoms with van der Waals surface area (Å²) in [6, 6.07) is 7.89. The Kier molecular flexibility index (Phi) is 4.73. The average Bonchev–Trinajstić information content (AvgIpc) is 2.93. The Morgan fingerprint density at radius 3 is 2.91 bits per heavy atom. The number of H-pyrrole nitrogens is 1. The van der Waals surface area contributed by atoms with Crippen LogP contribution >= 0.6 is 11.8 Å². The molecule has 0 bridgehead atoms. The number of fused-ring (bicyclic) bond motifs is 3. The second kappa shape index (κ2) is 6.76. The fraction of sp³-hybridized carbons (Fsp3) is 0.412. The number of methoxy groups -OCH3 is 1. The summed E-state index contributed by atoms with van der Waals surface area (Å²) in [5.41, 5.74) is 2.23. The van der Waals surface area contributed by atoms with Gasteiger partial charge in [0.15, 0.2) is 5.16 Å². The second-order valence-electron chi connectivity index (χ2n) is 5.57. The molecule has 0 aliphatic rings. The maximum absolute atomic E-state index is 12.9. The predicted octanol–water partition coefficient (Wildman–Crippen LogP) is 3.41. The number of para-hydroxylation sites is 1. The molecule has 0 aliphatic heterocycles. The molecule has 0 aliphatic carbocycles. The number of ether oxygens (including phenoxy) is 1.